The zero-order valence-electron chi connectivity index (χ0n) is 5.65. The van der Waals surface area contributed by atoms with Gasteiger partial charge in [0, 0.05) is 0 Å². The number of aromatic nitrogens is 2. The van der Waals surface area contributed by atoms with E-state index in [-0.39, 0.29) is 39.7 Å². The molecule has 0 radical (unpaired) electrons. The summed E-state index contributed by atoms with van der Waals surface area (Å²) in [7, 11) is 0. The Morgan fingerprint density at radius 1 is 1.45 bits per heavy atom. The number of halogens is 1. The molecule has 7 heteroatoms. The second kappa shape index (κ2) is 5.18. The molecule has 0 aromatic carbocycles. The van der Waals surface area contributed by atoms with Crippen LogP contribution in [0, 0.1) is 0 Å². The summed E-state index contributed by atoms with van der Waals surface area (Å²) < 4.78 is 20.3. The van der Waals surface area contributed by atoms with Gasteiger partial charge in [0.1, 0.15) is 5.03 Å². The van der Waals surface area contributed by atoms with Crippen LogP contribution >= 0.6 is 11.6 Å². The van der Waals surface area contributed by atoms with Crippen molar-refractivity contribution in [2.75, 3.05) is 0 Å². The van der Waals surface area contributed by atoms with Crippen molar-refractivity contribution < 1.29 is 38.3 Å². The third-order valence-electron chi connectivity index (χ3n) is 0.778. The molecule has 0 amide bonds. The SMILES string of the molecule is O=S([O-])c1ccc(Cl)nn1.[Na+]. The van der Waals surface area contributed by atoms with Crippen LogP contribution in [-0.4, -0.2) is 19.0 Å². The molecule has 1 unspecified atom stereocenters. The van der Waals surface area contributed by atoms with Gasteiger partial charge >= 0.3 is 29.6 Å². The Bertz CT molecular complexity index is 255. The topological polar surface area (TPSA) is 65.9 Å². The Morgan fingerprint density at radius 3 is 2.45 bits per heavy atom. The zero-order valence-corrected chi connectivity index (χ0v) is 9.22. The van der Waals surface area contributed by atoms with Crippen molar-refractivity contribution in [1.82, 2.24) is 10.2 Å². The smallest absolute Gasteiger partial charge is 0.767 e. The maximum atomic E-state index is 10.2. The summed E-state index contributed by atoms with van der Waals surface area (Å²) in [5.74, 6) is 0. The summed E-state index contributed by atoms with van der Waals surface area (Å²) in [5, 5.41) is 6.67. The molecule has 0 bridgehead atoms. The van der Waals surface area contributed by atoms with E-state index in [1.165, 1.54) is 12.1 Å². The van der Waals surface area contributed by atoms with Crippen molar-refractivity contribution in [3.63, 3.8) is 0 Å². The van der Waals surface area contributed by atoms with Crippen LogP contribution in [0.3, 0.4) is 0 Å². The fourth-order valence-electron chi connectivity index (χ4n) is 0.393. The molecule has 4 nitrogen and oxygen atoms in total. The predicted octanol–water partition coefficient (Wildman–Crippen LogP) is -2.63. The summed E-state index contributed by atoms with van der Waals surface area (Å²) >= 11 is 3.02. The monoisotopic (exact) mass is 200 g/mol. The van der Waals surface area contributed by atoms with Crippen LogP contribution in [0.25, 0.3) is 0 Å². The Kier molecular flexibility index (Phi) is 5.41. The van der Waals surface area contributed by atoms with Crippen LogP contribution in [0.15, 0.2) is 17.2 Å². The molecule has 1 atom stereocenters. The standard InChI is InChI=1S/C4H3ClN2O2S.Na/c5-3-1-2-4(7-6-3)10(8)9;/h1-2H,(H,8,9);/q;+1/p-1. The molecule has 0 N–H and O–H groups in total. The molecular weight excluding hydrogens is 199 g/mol. The van der Waals surface area contributed by atoms with Crippen LogP contribution in [-0.2, 0) is 11.1 Å². The molecule has 0 fully saturated rings. The molecule has 0 spiro atoms. The van der Waals surface area contributed by atoms with E-state index in [4.69, 9.17) is 11.6 Å². The van der Waals surface area contributed by atoms with E-state index in [0.29, 0.717) is 0 Å². The average molecular weight is 201 g/mol. The molecule has 0 aliphatic heterocycles. The van der Waals surface area contributed by atoms with Gasteiger partial charge in [-0.15, -0.1) is 10.2 Å². The number of nitrogens with zero attached hydrogens (tertiary/aromatic N) is 2. The van der Waals surface area contributed by atoms with Crippen LogP contribution in [0.1, 0.15) is 0 Å². The van der Waals surface area contributed by atoms with E-state index in [0.717, 1.165) is 0 Å². The minimum Gasteiger partial charge on any atom is -0.767 e. The molecule has 1 rings (SSSR count). The molecule has 1 heterocycles. The third kappa shape index (κ3) is 3.59. The molecule has 0 aliphatic rings. The van der Waals surface area contributed by atoms with Crippen molar-refractivity contribution in [2.24, 2.45) is 0 Å². The first-order valence-corrected chi connectivity index (χ1v) is 3.74. The maximum Gasteiger partial charge on any atom is 1.00 e. The van der Waals surface area contributed by atoms with Crippen LogP contribution in [0.5, 0.6) is 0 Å². The summed E-state index contributed by atoms with van der Waals surface area (Å²) in [4.78, 5) is 0. The largest absolute Gasteiger partial charge is 1.00 e. The average Bonchev–Trinajstić information content (AvgIpc) is 1.88. The van der Waals surface area contributed by atoms with Gasteiger partial charge in [-0.3, -0.25) is 4.21 Å². The second-order valence-electron chi connectivity index (χ2n) is 1.43. The quantitative estimate of drug-likeness (QED) is 0.368. The van der Waals surface area contributed by atoms with Gasteiger partial charge in [0.25, 0.3) is 0 Å². The number of hydrogen-bond acceptors (Lipinski definition) is 4. The summed E-state index contributed by atoms with van der Waals surface area (Å²) in [6, 6.07) is 2.64. The van der Waals surface area contributed by atoms with E-state index >= 15 is 0 Å². The molecule has 1 aromatic rings. The van der Waals surface area contributed by atoms with Crippen LogP contribution in [0.4, 0.5) is 0 Å². The van der Waals surface area contributed by atoms with Crippen molar-refractivity contribution in [1.29, 1.82) is 0 Å². The normalized spacial score (nSPS) is 11.8. The predicted molar refractivity (Wildman–Crippen MR) is 34.2 cm³/mol. The summed E-state index contributed by atoms with van der Waals surface area (Å²) in [5.41, 5.74) is 0. The van der Waals surface area contributed by atoms with E-state index in [2.05, 4.69) is 10.2 Å². The Hall–Kier alpha value is 0.480. The number of rotatable bonds is 1. The maximum absolute atomic E-state index is 10.2. The summed E-state index contributed by atoms with van der Waals surface area (Å²) in [6.45, 7) is 0. The first-order chi connectivity index (χ1) is 4.70. The van der Waals surface area contributed by atoms with E-state index in [1.807, 2.05) is 0 Å². The third-order valence-corrected chi connectivity index (χ3v) is 1.54. The van der Waals surface area contributed by atoms with Crippen molar-refractivity contribution in [2.45, 2.75) is 5.03 Å². The van der Waals surface area contributed by atoms with Crippen molar-refractivity contribution >= 4 is 22.7 Å². The Labute approximate surface area is 92.9 Å². The minimum absolute atomic E-state index is 0. The van der Waals surface area contributed by atoms with Crippen molar-refractivity contribution in [3.05, 3.63) is 17.3 Å². The van der Waals surface area contributed by atoms with E-state index in [1.54, 1.807) is 0 Å². The van der Waals surface area contributed by atoms with Gasteiger partial charge in [-0.05, 0) is 23.2 Å². The van der Waals surface area contributed by atoms with Gasteiger partial charge in [0.15, 0.2) is 5.15 Å². The Morgan fingerprint density at radius 2 is 2.09 bits per heavy atom. The van der Waals surface area contributed by atoms with Gasteiger partial charge in [0.05, 0.1) is 0 Å². The van der Waals surface area contributed by atoms with Gasteiger partial charge in [-0.2, -0.15) is 0 Å². The van der Waals surface area contributed by atoms with Crippen LogP contribution < -0.4 is 29.6 Å². The Balaban J connectivity index is 0.000001000. The molecule has 1 aromatic heterocycles. The van der Waals surface area contributed by atoms with E-state index < -0.39 is 11.1 Å². The van der Waals surface area contributed by atoms with Crippen LogP contribution in [0.2, 0.25) is 5.15 Å². The molecule has 0 saturated carbocycles. The zero-order chi connectivity index (χ0) is 7.56. The minimum atomic E-state index is -2.32. The van der Waals surface area contributed by atoms with Gasteiger partial charge < -0.3 is 4.55 Å². The fraction of sp³-hybridized carbons (Fsp3) is 0. The van der Waals surface area contributed by atoms with E-state index in [9.17, 15) is 8.76 Å². The van der Waals surface area contributed by atoms with Gasteiger partial charge in [-0.25, -0.2) is 0 Å². The fourth-order valence-corrected chi connectivity index (χ4v) is 0.780. The second-order valence-corrected chi connectivity index (χ2v) is 2.70. The molecule has 0 aliphatic carbocycles. The molecule has 54 valence electrons. The summed E-state index contributed by atoms with van der Waals surface area (Å²) in [6.07, 6.45) is 0. The number of hydrogen-bond donors (Lipinski definition) is 0. The van der Waals surface area contributed by atoms with Gasteiger partial charge in [0.2, 0.25) is 0 Å². The van der Waals surface area contributed by atoms with Crippen molar-refractivity contribution in [3.8, 4) is 0 Å². The first kappa shape index (κ1) is 11.5. The molecular formula is C4H2ClN2NaO2S. The van der Waals surface area contributed by atoms with Gasteiger partial charge in [-0.1, -0.05) is 11.6 Å². The molecule has 11 heavy (non-hydrogen) atoms. The molecule has 0 saturated heterocycles. The first-order valence-electron chi connectivity index (χ1n) is 2.28.